The highest BCUT2D eigenvalue weighted by molar-refractivity contribution is 6.17. The van der Waals surface area contributed by atoms with Gasteiger partial charge in [-0.05, 0) is 36.5 Å². The van der Waals surface area contributed by atoms with Crippen LogP contribution in [0.2, 0.25) is 0 Å². The van der Waals surface area contributed by atoms with Gasteiger partial charge in [-0.25, -0.2) is 4.39 Å². The molecule has 1 spiro atoms. The van der Waals surface area contributed by atoms with Crippen LogP contribution in [0.3, 0.4) is 0 Å². The van der Waals surface area contributed by atoms with Crippen LogP contribution in [0.1, 0.15) is 38.5 Å². The van der Waals surface area contributed by atoms with Gasteiger partial charge in [0.1, 0.15) is 5.82 Å². The van der Waals surface area contributed by atoms with Gasteiger partial charge < -0.3 is 5.73 Å². The number of benzene rings is 1. The van der Waals surface area contributed by atoms with Gasteiger partial charge in [0.15, 0.2) is 0 Å². The number of carbonyl (C=O) groups excluding carboxylic acids is 2. The van der Waals surface area contributed by atoms with Crippen molar-refractivity contribution in [3.05, 3.63) is 24.0 Å². The highest BCUT2D eigenvalue weighted by atomic mass is 19.1. The fraction of sp³-hybridized carbons (Fsp3) is 0.467. The van der Waals surface area contributed by atoms with Crippen LogP contribution >= 0.6 is 0 Å². The Bertz CT molecular complexity index is 539. The van der Waals surface area contributed by atoms with Gasteiger partial charge in [0.05, 0.1) is 5.69 Å². The van der Waals surface area contributed by atoms with E-state index in [0.29, 0.717) is 12.8 Å². The number of hydrogen-bond donors (Lipinski definition) is 1. The van der Waals surface area contributed by atoms with Gasteiger partial charge in [0, 0.05) is 18.5 Å². The van der Waals surface area contributed by atoms with Gasteiger partial charge in [-0.1, -0.05) is 12.8 Å². The van der Waals surface area contributed by atoms with Crippen molar-refractivity contribution in [3.63, 3.8) is 0 Å². The summed E-state index contributed by atoms with van der Waals surface area (Å²) in [6.45, 7) is 0. The van der Waals surface area contributed by atoms with Crippen molar-refractivity contribution in [2.24, 2.45) is 5.41 Å². The van der Waals surface area contributed by atoms with E-state index in [9.17, 15) is 14.0 Å². The van der Waals surface area contributed by atoms with E-state index < -0.39 is 5.82 Å². The number of piperidine rings is 1. The van der Waals surface area contributed by atoms with Gasteiger partial charge in [-0.15, -0.1) is 0 Å². The molecule has 4 nitrogen and oxygen atoms in total. The lowest BCUT2D eigenvalue weighted by atomic mass is 9.76. The lowest BCUT2D eigenvalue weighted by Gasteiger charge is -2.37. The van der Waals surface area contributed by atoms with Gasteiger partial charge in [-0.2, -0.15) is 0 Å². The maximum atomic E-state index is 13.4. The zero-order valence-corrected chi connectivity index (χ0v) is 11.2. The summed E-state index contributed by atoms with van der Waals surface area (Å²) in [5, 5.41) is 0. The second-order valence-electron chi connectivity index (χ2n) is 5.93. The molecule has 1 aromatic carbocycles. The SMILES string of the molecule is Nc1cc(F)cc(N2C(=O)CC3(CCCC3)CC2=O)c1. The molecule has 2 fully saturated rings. The number of hydrogen-bond acceptors (Lipinski definition) is 3. The first kappa shape index (κ1) is 13.1. The van der Waals surface area contributed by atoms with Crippen LogP contribution in [-0.4, -0.2) is 11.8 Å². The highest BCUT2D eigenvalue weighted by Gasteiger charge is 2.45. The van der Waals surface area contributed by atoms with Crippen molar-refractivity contribution < 1.29 is 14.0 Å². The molecule has 3 rings (SSSR count). The Morgan fingerprint density at radius 3 is 2.20 bits per heavy atom. The molecule has 2 aliphatic rings. The van der Waals surface area contributed by atoms with Crippen LogP contribution in [0, 0.1) is 11.2 Å². The Morgan fingerprint density at radius 1 is 1.05 bits per heavy atom. The third kappa shape index (κ3) is 2.17. The van der Waals surface area contributed by atoms with E-state index in [4.69, 9.17) is 5.73 Å². The molecule has 2 N–H and O–H groups in total. The average molecular weight is 276 g/mol. The van der Waals surface area contributed by atoms with Crippen LogP contribution < -0.4 is 10.6 Å². The Morgan fingerprint density at radius 2 is 1.65 bits per heavy atom. The number of rotatable bonds is 1. The van der Waals surface area contributed by atoms with Crippen molar-refractivity contribution in [1.82, 2.24) is 0 Å². The molecule has 1 aromatic rings. The number of halogens is 1. The molecule has 1 saturated carbocycles. The monoisotopic (exact) mass is 276 g/mol. The molecule has 0 atom stereocenters. The van der Waals surface area contributed by atoms with Gasteiger partial charge in [0.2, 0.25) is 11.8 Å². The number of carbonyl (C=O) groups is 2. The molecule has 1 heterocycles. The summed E-state index contributed by atoms with van der Waals surface area (Å²) in [6, 6.07) is 3.81. The summed E-state index contributed by atoms with van der Waals surface area (Å²) in [5.74, 6) is -1.02. The minimum atomic E-state index is -0.540. The molecule has 1 aliphatic carbocycles. The third-order valence-electron chi connectivity index (χ3n) is 4.38. The highest BCUT2D eigenvalue weighted by Crippen LogP contribution is 2.47. The van der Waals surface area contributed by atoms with E-state index >= 15 is 0 Å². The van der Waals surface area contributed by atoms with Crippen LogP contribution in [0.5, 0.6) is 0 Å². The Kier molecular flexibility index (Phi) is 3.00. The molecular formula is C15H17FN2O2. The zero-order chi connectivity index (χ0) is 14.3. The maximum absolute atomic E-state index is 13.4. The van der Waals surface area contributed by atoms with E-state index in [1.807, 2.05) is 0 Å². The molecule has 0 unspecified atom stereocenters. The predicted octanol–water partition coefficient (Wildman–Crippen LogP) is 2.62. The average Bonchev–Trinajstić information content (AvgIpc) is 2.74. The summed E-state index contributed by atoms with van der Waals surface area (Å²) in [4.78, 5) is 25.7. The molecule has 106 valence electrons. The minimum absolute atomic E-state index is 0.149. The number of nitrogens with zero attached hydrogens (tertiary/aromatic N) is 1. The molecule has 2 amide bonds. The summed E-state index contributed by atoms with van der Waals surface area (Å²) in [7, 11) is 0. The smallest absolute Gasteiger partial charge is 0.234 e. The number of nitrogen functional groups attached to an aromatic ring is 1. The maximum Gasteiger partial charge on any atom is 0.234 e. The Balaban J connectivity index is 1.91. The first-order valence-electron chi connectivity index (χ1n) is 6.91. The normalized spacial score (nSPS) is 21.8. The van der Waals surface area contributed by atoms with E-state index in [-0.39, 0.29) is 28.6 Å². The number of anilines is 2. The second kappa shape index (κ2) is 4.58. The molecule has 0 radical (unpaired) electrons. The van der Waals surface area contributed by atoms with Gasteiger partial charge in [0.25, 0.3) is 0 Å². The number of imide groups is 1. The molecule has 0 aromatic heterocycles. The molecular weight excluding hydrogens is 259 g/mol. The standard InChI is InChI=1S/C15H17FN2O2/c16-10-5-11(17)7-12(6-10)18-13(19)8-15(9-14(18)20)3-1-2-4-15/h5-7H,1-4,8-9,17H2. The van der Waals surface area contributed by atoms with Crippen LogP contribution in [0.15, 0.2) is 18.2 Å². The van der Waals surface area contributed by atoms with E-state index in [1.165, 1.54) is 18.2 Å². The van der Waals surface area contributed by atoms with Crippen LogP contribution in [-0.2, 0) is 9.59 Å². The molecule has 20 heavy (non-hydrogen) atoms. The minimum Gasteiger partial charge on any atom is -0.399 e. The quantitative estimate of drug-likeness (QED) is 0.633. The van der Waals surface area contributed by atoms with Crippen molar-refractivity contribution >= 4 is 23.2 Å². The van der Waals surface area contributed by atoms with Crippen molar-refractivity contribution in [3.8, 4) is 0 Å². The number of nitrogens with two attached hydrogens (primary N) is 1. The lowest BCUT2D eigenvalue weighted by Crippen LogP contribution is -2.47. The molecule has 1 saturated heterocycles. The zero-order valence-electron chi connectivity index (χ0n) is 11.2. The number of amides is 2. The van der Waals surface area contributed by atoms with Gasteiger partial charge >= 0.3 is 0 Å². The van der Waals surface area contributed by atoms with Crippen molar-refractivity contribution in [2.75, 3.05) is 10.6 Å². The summed E-state index contributed by atoms with van der Waals surface area (Å²) < 4.78 is 13.4. The third-order valence-corrected chi connectivity index (χ3v) is 4.38. The summed E-state index contributed by atoms with van der Waals surface area (Å²) >= 11 is 0. The van der Waals surface area contributed by atoms with E-state index in [2.05, 4.69) is 0 Å². The van der Waals surface area contributed by atoms with Gasteiger partial charge in [-0.3, -0.25) is 14.5 Å². The Hall–Kier alpha value is -1.91. The largest absolute Gasteiger partial charge is 0.399 e. The van der Waals surface area contributed by atoms with Crippen LogP contribution in [0.25, 0.3) is 0 Å². The van der Waals surface area contributed by atoms with Crippen molar-refractivity contribution in [2.45, 2.75) is 38.5 Å². The fourth-order valence-electron chi connectivity index (χ4n) is 3.49. The van der Waals surface area contributed by atoms with Crippen LogP contribution in [0.4, 0.5) is 15.8 Å². The fourth-order valence-corrected chi connectivity index (χ4v) is 3.49. The second-order valence-corrected chi connectivity index (χ2v) is 5.93. The molecule has 5 heteroatoms. The first-order valence-corrected chi connectivity index (χ1v) is 6.91. The first-order chi connectivity index (χ1) is 9.49. The van der Waals surface area contributed by atoms with Crippen molar-refractivity contribution in [1.29, 1.82) is 0 Å². The lowest BCUT2D eigenvalue weighted by molar-refractivity contribution is -0.133. The van der Waals surface area contributed by atoms with E-state index in [0.717, 1.165) is 30.6 Å². The topological polar surface area (TPSA) is 63.4 Å². The Labute approximate surface area is 116 Å². The molecule has 0 bridgehead atoms. The predicted molar refractivity (Wildman–Crippen MR) is 73.4 cm³/mol. The summed E-state index contributed by atoms with van der Waals surface area (Å²) in [5.41, 5.74) is 5.89. The van der Waals surface area contributed by atoms with E-state index in [1.54, 1.807) is 0 Å². The summed E-state index contributed by atoms with van der Waals surface area (Å²) in [6.07, 6.45) is 4.76. The molecule has 1 aliphatic heterocycles.